The third-order valence-electron chi connectivity index (χ3n) is 4.69. The number of anilines is 1. The molecule has 0 radical (unpaired) electrons. The van der Waals surface area contributed by atoms with Crippen LogP contribution in [0.5, 0.6) is 0 Å². The normalized spacial score (nSPS) is 25.6. The molecule has 0 heterocycles. The van der Waals surface area contributed by atoms with E-state index in [1.807, 2.05) is 6.92 Å². The first-order chi connectivity index (χ1) is 9.30. The van der Waals surface area contributed by atoms with Crippen molar-refractivity contribution in [2.24, 2.45) is 17.3 Å². The van der Waals surface area contributed by atoms with E-state index in [0.717, 1.165) is 12.1 Å². The molecule has 1 aliphatic carbocycles. The van der Waals surface area contributed by atoms with Crippen LogP contribution in [0.4, 0.5) is 5.69 Å². The molecule has 1 fully saturated rings. The Hall–Kier alpha value is -1.06. The average molecular weight is 296 g/mol. The number of amides is 1. The number of rotatable bonds is 4. The van der Waals surface area contributed by atoms with E-state index in [1.165, 1.54) is 0 Å². The molecule has 4 heteroatoms. The molecule has 1 aliphatic rings. The molecule has 1 saturated carbocycles. The quantitative estimate of drug-likeness (QED) is 0.889. The molecule has 0 spiro atoms. The lowest BCUT2D eigenvalue weighted by atomic mass is 9.52. The van der Waals surface area contributed by atoms with Crippen LogP contribution in [-0.4, -0.2) is 17.1 Å². The molecule has 0 aliphatic heterocycles. The molecule has 0 bridgehead atoms. The second kappa shape index (κ2) is 5.74. The van der Waals surface area contributed by atoms with Crippen LogP contribution in [0.1, 0.15) is 33.6 Å². The zero-order chi connectivity index (χ0) is 14.9. The second-order valence-electron chi connectivity index (χ2n) is 6.36. The highest BCUT2D eigenvalue weighted by Crippen LogP contribution is 2.54. The maximum atomic E-state index is 12.1. The van der Waals surface area contributed by atoms with Gasteiger partial charge in [-0.1, -0.05) is 25.4 Å². The second-order valence-corrected chi connectivity index (χ2v) is 6.80. The molecule has 110 valence electrons. The van der Waals surface area contributed by atoms with E-state index in [9.17, 15) is 9.90 Å². The number of nitrogens with one attached hydrogen (secondary N) is 1. The zero-order valence-corrected chi connectivity index (χ0v) is 12.9. The van der Waals surface area contributed by atoms with Gasteiger partial charge < -0.3 is 10.4 Å². The molecule has 0 aromatic heterocycles. The Morgan fingerprint density at radius 2 is 2.05 bits per heavy atom. The molecule has 2 N–H and O–H groups in total. The standard InChI is InChI=1S/C16H22ClNO2/c1-10(19)14-8-11(16(14,2)3)9-15(20)18-13-6-4-12(17)5-7-13/h4-7,10-11,14,19H,8-9H2,1-3H3,(H,18,20). The summed E-state index contributed by atoms with van der Waals surface area (Å²) in [5.74, 6) is 0.639. The lowest BCUT2D eigenvalue weighted by Crippen LogP contribution is -2.50. The van der Waals surface area contributed by atoms with Crippen LogP contribution in [0.2, 0.25) is 5.02 Å². The van der Waals surface area contributed by atoms with Gasteiger partial charge in [0, 0.05) is 17.1 Å². The summed E-state index contributed by atoms with van der Waals surface area (Å²) < 4.78 is 0. The first kappa shape index (κ1) is 15.3. The van der Waals surface area contributed by atoms with Gasteiger partial charge >= 0.3 is 0 Å². The molecular weight excluding hydrogens is 274 g/mol. The highest BCUT2D eigenvalue weighted by Gasteiger charge is 2.50. The Morgan fingerprint density at radius 3 is 2.55 bits per heavy atom. The number of carbonyl (C=O) groups is 1. The van der Waals surface area contributed by atoms with Gasteiger partial charge in [0.25, 0.3) is 0 Å². The van der Waals surface area contributed by atoms with Crippen LogP contribution in [0.25, 0.3) is 0 Å². The van der Waals surface area contributed by atoms with Crippen molar-refractivity contribution in [3.05, 3.63) is 29.3 Å². The van der Waals surface area contributed by atoms with Crippen LogP contribution in [0.15, 0.2) is 24.3 Å². The number of aliphatic hydroxyl groups is 1. The number of benzene rings is 1. The number of halogens is 1. The predicted molar refractivity (Wildman–Crippen MR) is 81.8 cm³/mol. The molecule has 1 amide bonds. The van der Waals surface area contributed by atoms with Crippen LogP contribution in [0.3, 0.4) is 0 Å². The smallest absolute Gasteiger partial charge is 0.224 e. The van der Waals surface area contributed by atoms with Crippen LogP contribution in [0, 0.1) is 17.3 Å². The van der Waals surface area contributed by atoms with Gasteiger partial charge in [-0.3, -0.25) is 4.79 Å². The largest absolute Gasteiger partial charge is 0.393 e. The van der Waals surface area contributed by atoms with E-state index in [4.69, 9.17) is 11.6 Å². The summed E-state index contributed by atoms with van der Waals surface area (Å²) in [5.41, 5.74) is 0.787. The minimum absolute atomic E-state index is 0.0193. The van der Waals surface area contributed by atoms with Crippen molar-refractivity contribution >= 4 is 23.2 Å². The molecule has 3 unspecified atom stereocenters. The van der Waals surface area contributed by atoms with Gasteiger partial charge in [-0.15, -0.1) is 0 Å². The van der Waals surface area contributed by atoms with Gasteiger partial charge in [-0.25, -0.2) is 0 Å². The van der Waals surface area contributed by atoms with Crippen molar-refractivity contribution in [3.63, 3.8) is 0 Å². The fourth-order valence-electron chi connectivity index (χ4n) is 3.19. The van der Waals surface area contributed by atoms with Crippen molar-refractivity contribution in [2.45, 2.75) is 39.7 Å². The van der Waals surface area contributed by atoms with Crippen molar-refractivity contribution in [2.75, 3.05) is 5.32 Å². The van der Waals surface area contributed by atoms with Gasteiger partial charge in [0.15, 0.2) is 0 Å². The lowest BCUT2D eigenvalue weighted by molar-refractivity contribution is -0.127. The highest BCUT2D eigenvalue weighted by molar-refractivity contribution is 6.30. The van der Waals surface area contributed by atoms with Crippen molar-refractivity contribution in [1.29, 1.82) is 0 Å². The fraction of sp³-hybridized carbons (Fsp3) is 0.562. The van der Waals surface area contributed by atoms with E-state index in [2.05, 4.69) is 19.2 Å². The summed E-state index contributed by atoms with van der Waals surface area (Å²) in [4.78, 5) is 12.1. The van der Waals surface area contributed by atoms with Gasteiger partial charge in [0.05, 0.1) is 6.10 Å². The van der Waals surface area contributed by atoms with Gasteiger partial charge in [-0.2, -0.15) is 0 Å². The lowest BCUT2D eigenvalue weighted by Gasteiger charge is -2.53. The van der Waals surface area contributed by atoms with Gasteiger partial charge in [-0.05, 0) is 54.9 Å². The maximum Gasteiger partial charge on any atom is 0.224 e. The number of aliphatic hydroxyl groups excluding tert-OH is 1. The highest BCUT2D eigenvalue weighted by atomic mass is 35.5. The van der Waals surface area contributed by atoms with Crippen molar-refractivity contribution in [1.82, 2.24) is 0 Å². The molecule has 2 rings (SSSR count). The van der Waals surface area contributed by atoms with E-state index in [1.54, 1.807) is 24.3 Å². The number of hydrogen-bond donors (Lipinski definition) is 2. The minimum Gasteiger partial charge on any atom is -0.393 e. The molecule has 1 aromatic rings. The van der Waals surface area contributed by atoms with E-state index < -0.39 is 0 Å². The molecule has 3 nitrogen and oxygen atoms in total. The Balaban J connectivity index is 1.88. The Morgan fingerprint density at radius 1 is 1.45 bits per heavy atom. The molecular formula is C16H22ClNO2. The summed E-state index contributed by atoms with van der Waals surface area (Å²) in [6.07, 6.45) is 1.11. The molecule has 0 saturated heterocycles. The van der Waals surface area contributed by atoms with Crippen molar-refractivity contribution in [3.8, 4) is 0 Å². The molecule has 1 aromatic carbocycles. The first-order valence-electron chi connectivity index (χ1n) is 7.04. The Labute approximate surface area is 125 Å². The Bertz CT molecular complexity index is 482. The molecule has 20 heavy (non-hydrogen) atoms. The number of hydrogen-bond acceptors (Lipinski definition) is 2. The summed E-state index contributed by atoms with van der Waals surface area (Å²) in [6, 6.07) is 7.11. The van der Waals surface area contributed by atoms with Crippen LogP contribution >= 0.6 is 11.6 Å². The Kier molecular flexibility index (Phi) is 4.40. The monoisotopic (exact) mass is 295 g/mol. The molecule has 3 atom stereocenters. The third-order valence-corrected chi connectivity index (χ3v) is 4.94. The van der Waals surface area contributed by atoms with Crippen LogP contribution in [-0.2, 0) is 4.79 Å². The minimum atomic E-state index is -0.305. The summed E-state index contributed by atoms with van der Waals surface area (Å²) >= 11 is 5.81. The van der Waals surface area contributed by atoms with Crippen molar-refractivity contribution < 1.29 is 9.90 Å². The zero-order valence-electron chi connectivity index (χ0n) is 12.2. The van der Waals surface area contributed by atoms with E-state index in [-0.39, 0.29) is 23.3 Å². The summed E-state index contributed by atoms with van der Waals surface area (Å²) in [6.45, 7) is 6.10. The summed E-state index contributed by atoms with van der Waals surface area (Å²) in [5, 5.41) is 13.3. The number of carbonyl (C=O) groups excluding carboxylic acids is 1. The average Bonchev–Trinajstić information content (AvgIpc) is 2.36. The van der Waals surface area contributed by atoms with Gasteiger partial charge in [0.1, 0.15) is 0 Å². The van der Waals surface area contributed by atoms with E-state index in [0.29, 0.717) is 17.4 Å². The predicted octanol–water partition coefficient (Wildman–Crippen LogP) is 3.71. The third kappa shape index (κ3) is 3.15. The first-order valence-corrected chi connectivity index (χ1v) is 7.42. The SMILES string of the molecule is CC(O)C1CC(CC(=O)Nc2ccc(Cl)cc2)C1(C)C. The van der Waals surface area contributed by atoms with Gasteiger partial charge in [0.2, 0.25) is 5.91 Å². The summed E-state index contributed by atoms with van der Waals surface area (Å²) in [7, 11) is 0. The fourth-order valence-corrected chi connectivity index (χ4v) is 3.32. The maximum absolute atomic E-state index is 12.1. The van der Waals surface area contributed by atoms with Crippen LogP contribution < -0.4 is 5.32 Å². The van der Waals surface area contributed by atoms with E-state index >= 15 is 0 Å². The topological polar surface area (TPSA) is 49.3 Å².